The fourth-order valence-corrected chi connectivity index (χ4v) is 7.55. The third-order valence-electron chi connectivity index (χ3n) is 10.3. The van der Waals surface area contributed by atoms with Crippen LogP contribution >= 0.6 is 0 Å². The van der Waals surface area contributed by atoms with Crippen molar-refractivity contribution in [3.63, 3.8) is 0 Å². The molecule has 0 saturated carbocycles. The van der Waals surface area contributed by atoms with Gasteiger partial charge in [-0.15, -0.1) is 0 Å². The molecule has 5 aromatic heterocycles. The van der Waals surface area contributed by atoms with E-state index in [1.165, 1.54) is 10.8 Å². The van der Waals surface area contributed by atoms with Crippen LogP contribution in [0.2, 0.25) is 0 Å². The Hall–Kier alpha value is -7.37. The topological polar surface area (TPSA) is 64.5 Å². The molecule has 11 rings (SSSR count). The Morgan fingerprint density at radius 1 is 0.222 bits per heavy atom. The highest BCUT2D eigenvalue weighted by atomic mass is 14.8. The van der Waals surface area contributed by atoms with Crippen molar-refractivity contribution in [2.75, 3.05) is 0 Å². The quantitative estimate of drug-likeness (QED) is 0.136. The van der Waals surface area contributed by atoms with Gasteiger partial charge in [0, 0.05) is 32.7 Å². The summed E-state index contributed by atoms with van der Waals surface area (Å²) in [7, 11) is 0. The van der Waals surface area contributed by atoms with Gasteiger partial charge in [-0.2, -0.15) is 0 Å². The first-order valence-corrected chi connectivity index (χ1v) is 18.1. The number of aromatic nitrogens is 5. The van der Waals surface area contributed by atoms with Crippen LogP contribution in [0.15, 0.2) is 176 Å². The summed E-state index contributed by atoms with van der Waals surface area (Å²) in [6.45, 7) is 0. The van der Waals surface area contributed by atoms with Gasteiger partial charge in [0.25, 0.3) is 0 Å². The second kappa shape index (κ2) is 12.1. The molecule has 0 fully saturated rings. The van der Waals surface area contributed by atoms with Crippen molar-refractivity contribution in [2.45, 2.75) is 0 Å². The van der Waals surface area contributed by atoms with E-state index in [0.717, 1.165) is 99.7 Å². The summed E-state index contributed by atoms with van der Waals surface area (Å²) >= 11 is 0. The van der Waals surface area contributed by atoms with E-state index < -0.39 is 0 Å². The summed E-state index contributed by atoms with van der Waals surface area (Å²) in [5.74, 6) is 0. The number of fused-ring (bicyclic) bond motifs is 7. The summed E-state index contributed by atoms with van der Waals surface area (Å²) in [6.07, 6.45) is 0. The Morgan fingerprint density at radius 3 is 1.15 bits per heavy atom. The Kier molecular flexibility index (Phi) is 6.79. The van der Waals surface area contributed by atoms with Crippen LogP contribution in [-0.4, -0.2) is 24.9 Å². The smallest absolute Gasteiger partial charge is 0.0972 e. The first kappa shape index (κ1) is 30.3. The Labute approximate surface area is 310 Å². The molecule has 0 radical (unpaired) electrons. The molecule has 0 aliphatic rings. The molecule has 0 unspecified atom stereocenters. The van der Waals surface area contributed by atoms with Crippen LogP contribution in [0.3, 0.4) is 0 Å². The molecule has 5 heterocycles. The molecule has 0 saturated heterocycles. The molecule has 0 atom stereocenters. The summed E-state index contributed by atoms with van der Waals surface area (Å²) in [5.41, 5.74) is 10.4. The summed E-state index contributed by atoms with van der Waals surface area (Å²) in [6, 6.07) is 61.0. The lowest BCUT2D eigenvalue weighted by Gasteiger charge is -2.12. The number of hydrogen-bond acceptors (Lipinski definition) is 5. The minimum absolute atomic E-state index is 0.752. The van der Waals surface area contributed by atoms with Gasteiger partial charge < -0.3 is 0 Å². The maximum absolute atomic E-state index is 5.32. The molecular weight excluding hydrogens is 659 g/mol. The zero-order valence-corrected chi connectivity index (χ0v) is 29.0. The van der Waals surface area contributed by atoms with Crippen molar-refractivity contribution < 1.29 is 0 Å². The average molecular weight is 688 g/mol. The molecule has 0 amide bonds. The van der Waals surface area contributed by atoms with Crippen molar-refractivity contribution in [1.29, 1.82) is 0 Å². The van der Waals surface area contributed by atoms with Crippen molar-refractivity contribution in [3.05, 3.63) is 176 Å². The first-order chi connectivity index (χ1) is 26.7. The molecule has 11 aromatic rings. The summed E-state index contributed by atoms with van der Waals surface area (Å²) < 4.78 is 0. The van der Waals surface area contributed by atoms with Gasteiger partial charge >= 0.3 is 0 Å². The van der Waals surface area contributed by atoms with E-state index in [0.29, 0.717) is 0 Å². The minimum atomic E-state index is 0.752. The van der Waals surface area contributed by atoms with Gasteiger partial charge in [0.15, 0.2) is 0 Å². The zero-order valence-electron chi connectivity index (χ0n) is 29.0. The average Bonchev–Trinajstić information content (AvgIpc) is 3.24. The molecule has 0 bridgehead atoms. The molecule has 54 heavy (non-hydrogen) atoms. The molecule has 250 valence electrons. The second-order valence-corrected chi connectivity index (χ2v) is 13.8. The minimum Gasteiger partial charge on any atom is -0.246 e. The number of pyridine rings is 5. The van der Waals surface area contributed by atoms with Crippen molar-refractivity contribution >= 4 is 65.2 Å². The van der Waals surface area contributed by atoms with Gasteiger partial charge in [-0.1, -0.05) is 115 Å². The van der Waals surface area contributed by atoms with Gasteiger partial charge in [-0.25, -0.2) is 24.9 Å². The summed E-state index contributed by atoms with van der Waals surface area (Å²) in [5, 5.41) is 8.94. The predicted octanol–water partition coefficient (Wildman–Crippen LogP) is 12.2. The Bertz CT molecular complexity index is 3150. The number of hydrogen-bond donors (Lipinski definition) is 0. The lowest BCUT2D eigenvalue weighted by Crippen LogP contribution is -1.96. The van der Waals surface area contributed by atoms with Crippen molar-refractivity contribution in [1.82, 2.24) is 24.9 Å². The van der Waals surface area contributed by atoms with Crippen molar-refractivity contribution in [3.8, 4) is 45.3 Å². The van der Waals surface area contributed by atoms with E-state index in [-0.39, 0.29) is 0 Å². The lowest BCUT2D eigenvalue weighted by molar-refractivity contribution is 1.24. The van der Waals surface area contributed by atoms with Crippen LogP contribution in [0, 0.1) is 0 Å². The van der Waals surface area contributed by atoms with E-state index in [2.05, 4.69) is 158 Å². The molecule has 0 spiro atoms. The van der Waals surface area contributed by atoms with E-state index in [4.69, 9.17) is 24.9 Å². The van der Waals surface area contributed by atoms with Gasteiger partial charge in [-0.3, -0.25) is 0 Å². The predicted molar refractivity (Wildman–Crippen MR) is 222 cm³/mol. The molecular formula is C49H29N5. The van der Waals surface area contributed by atoms with Crippen LogP contribution in [0.1, 0.15) is 0 Å². The second-order valence-electron chi connectivity index (χ2n) is 13.8. The maximum atomic E-state index is 5.32. The van der Waals surface area contributed by atoms with Gasteiger partial charge in [0.05, 0.1) is 56.2 Å². The molecule has 6 aromatic carbocycles. The van der Waals surface area contributed by atoms with E-state index in [1.54, 1.807) is 0 Å². The highest BCUT2D eigenvalue weighted by Crippen LogP contribution is 2.34. The number of rotatable bonds is 4. The monoisotopic (exact) mass is 687 g/mol. The van der Waals surface area contributed by atoms with Gasteiger partial charge in [0.1, 0.15) is 0 Å². The molecule has 0 aliphatic heterocycles. The highest BCUT2D eigenvalue weighted by Gasteiger charge is 2.15. The zero-order chi connectivity index (χ0) is 35.6. The first-order valence-electron chi connectivity index (χ1n) is 18.1. The maximum Gasteiger partial charge on any atom is 0.0972 e. The van der Waals surface area contributed by atoms with E-state index in [9.17, 15) is 0 Å². The third kappa shape index (κ3) is 5.22. The fourth-order valence-electron chi connectivity index (χ4n) is 7.55. The lowest BCUT2D eigenvalue weighted by atomic mass is 10.0. The Balaban J connectivity index is 1.11. The van der Waals surface area contributed by atoms with Crippen LogP contribution < -0.4 is 0 Å². The SMILES string of the molecule is c1ccc(-c2ccc3ccc4ccc(-c5cc(-c6ccc7cc8ccccc8cc7n6)nc(-c6ccc7cc8ccccc8cc7n6)c5)nc4c3n2)cc1. The number of nitrogens with zero attached hydrogens (tertiary/aromatic N) is 5. The largest absolute Gasteiger partial charge is 0.246 e. The van der Waals surface area contributed by atoms with Crippen LogP contribution in [0.5, 0.6) is 0 Å². The fraction of sp³-hybridized carbons (Fsp3) is 0. The molecule has 0 N–H and O–H groups in total. The Morgan fingerprint density at radius 2 is 0.630 bits per heavy atom. The summed E-state index contributed by atoms with van der Waals surface area (Å²) in [4.78, 5) is 26.0. The van der Waals surface area contributed by atoms with Gasteiger partial charge in [0.2, 0.25) is 0 Å². The third-order valence-corrected chi connectivity index (χ3v) is 10.3. The standard InChI is InChI=1S/C49H29N5/c1-2-8-30(9-3-1)40-20-16-31-14-15-32-17-21-41(54-49(32)48(31)53-40)39-28-46(42-22-18-37-24-33-10-4-6-12-35(33)26-44(37)50-42)52-47(29-39)43-23-19-38-25-34-11-5-7-13-36(34)27-45(38)51-43/h1-29H. The van der Waals surface area contributed by atoms with Crippen LogP contribution in [-0.2, 0) is 0 Å². The highest BCUT2D eigenvalue weighted by molar-refractivity contribution is 6.04. The molecule has 0 aliphatic carbocycles. The van der Waals surface area contributed by atoms with E-state index in [1.807, 2.05) is 18.2 Å². The van der Waals surface area contributed by atoms with Crippen LogP contribution in [0.25, 0.3) is 110 Å². The normalized spacial score (nSPS) is 11.7. The van der Waals surface area contributed by atoms with Crippen LogP contribution in [0.4, 0.5) is 0 Å². The molecule has 5 heteroatoms. The number of benzene rings is 6. The van der Waals surface area contributed by atoms with Gasteiger partial charge in [-0.05, 0) is 82.2 Å². The molecule has 5 nitrogen and oxygen atoms in total. The van der Waals surface area contributed by atoms with E-state index >= 15 is 0 Å². The van der Waals surface area contributed by atoms with Crippen molar-refractivity contribution in [2.24, 2.45) is 0 Å².